The summed E-state index contributed by atoms with van der Waals surface area (Å²) in [7, 11) is 1.44. The molecule has 0 aliphatic rings. The number of halogens is 2. The molecule has 2 atom stereocenters. The monoisotopic (exact) mass is 514 g/mol. The fraction of sp³-hybridized carbons (Fsp3) is 0.429. The molecule has 7 nitrogen and oxygen atoms in total. The van der Waals surface area contributed by atoms with Gasteiger partial charge in [0.1, 0.15) is 30.7 Å². The number of nitrogens with two attached hydrogens (primary N) is 1. The summed E-state index contributed by atoms with van der Waals surface area (Å²) in [5.41, 5.74) is 7.33. The van der Waals surface area contributed by atoms with Crippen molar-refractivity contribution in [3.05, 3.63) is 71.9 Å². The highest BCUT2D eigenvalue weighted by atomic mass is 19.1. The molecule has 0 fully saturated rings. The van der Waals surface area contributed by atoms with Crippen LogP contribution in [0.15, 0.2) is 54.7 Å². The lowest BCUT2D eigenvalue weighted by Crippen LogP contribution is -2.45. The second-order valence-electron chi connectivity index (χ2n) is 10.3. The first-order valence-corrected chi connectivity index (χ1v) is 12.2. The van der Waals surface area contributed by atoms with Crippen LogP contribution in [0.3, 0.4) is 0 Å². The number of hydrogen-bond acceptors (Lipinski definition) is 5. The molecule has 0 aliphatic heterocycles. The molecule has 0 saturated carbocycles. The predicted octanol–water partition coefficient (Wildman–Crippen LogP) is 4.69. The number of alkyl halides is 1. The Balaban J connectivity index is 2.17. The summed E-state index contributed by atoms with van der Waals surface area (Å²) in [6, 6.07) is 11.8. The van der Waals surface area contributed by atoms with Gasteiger partial charge in [0.15, 0.2) is 0 Å². The van der Waals surface area contributed by atoms with Gasteiger partial charge in [-0.1, -0.05) is 45.0 Å². The molecule has 0 radical (unpaired) electrons. The summed E-state index contributed by atoms with van der Waals surface area (Å²) >= 11 is 0. The van der Waals surface area contributed by atoms with Crippen molar-refractivity contribution >= 4 is 5.91 Å². The highest BCUT2D eigenvalue weighted by Crippen LogP contribution is 2.39. The third kappa shape index (κ3) is 7.36. The van der Waals surface area contributed by atoms with Crippen LogP contribution < -0.4 is 5.73 Å². The zero-order chi connectivity index (χ0) is 27.2. The van der Waals surface area contributed by atoms with Crippen LogP contribution in [0.5, 0.6) is 5.75 Å². The van der Waals surface area contributed by atoms with E-state index in [9.17, 15) is 18.7 Å². The SMILES string of the molecule is COCC(=O)N(CCC(N)CF)[C@@H](c1nc(-c2cccc(F)c2)cn1Cc1cccc(O)c1)C(C)(C)C. The number of carbonyl (C=O) groups is 1. The Bertz CT molecular complexity index is 1190. The Hall–Kier alpha value is -3.30. The van der Waals surface area contributed by atoms with E-state index in [1.165, 1.54) is 19.2 Å². The molecule has 1 aromatic heterocycles. The van der Waals surface area contributed by atoms with Gasteiger partial charge in [-0.05, 0) is 41.7 Å². The highest BCUT2D eigenvalue weighted by Gasteiger charge is 2.38. The van der Waals surface area contributed by atoms with E-state index in [1.54, 1.807) is 35.2 Å². The number of methoxy groups -OCH3 is 1. The molecule has 2 aromatic carbocycles. The molecule has 1 amide bonds. The van der Waals surface area contributed by atoms with Crippen molar-refractivity contribution in [3.63, 3.8) is 0 Å². The van der Waals surface area contributed by atoms with Crippen LogP contribution in [0, 0.1) is 11.2 Å². The van der Waals surface area contributed by atoms with Crippen molar-refractivity contribution in [1.82, 2.24) is 14.5 Å². The van der Waals surface area contributed by atoms with Crippen LogP contribution in [0.4, 0.5) is 8.78 Å². The molecular weight excluding hydrogens is 478 g/mol. The van der Waals surface area contributed by atoms with E-state index in [-0.39, 0.29) is 37.0 Å². The van der Waals surface area contributed by atoms with Crippen LogP contribution in [-0.2, 0) is 16.1 Å². The standard InChI is InChI=1S/C28H36F2N4O3/c1-28(2,3)26(34(25(36)18-37-4)12-11-22(31)15-29)27-32-24(20-8-6-9-21(30)14-20)17-33(27)16-19-7-5-10-23(35)13-19/h5-10,13-14,17,22,26,35H,11-12,15-16,18,31H2,1-4H3/t22?,26-/m0/s1. The number of carbonyl (C=O) groups excluding carboxylic acids is 1. The largest absolute Gasteiger partial charge is 0.508 e. The van der Waals surface area contributed by atoms with E-state index >= 15 is 0 Å². The molecule has 200 valence electrons. The molecule has 0 spiro atoms. The smallest absolute Gasteiger partial charge is 0.249 e. The first-order valence-electron chi connectivity index (χ1n) is 12.2. The summed E-state index contributed by atoms with van der Waals surface area (Å²) in [6.07, 6.45) is 2.09. The lowest BCUT2D eigenvalue weighted by atomic mass is 9.84. The third-order valence-corrected chi connectivity index (χ3v) is 6.09. The van der Waals surface area contributed by atoms with E-state index in [2.05, 4.69) is 0 Å². The number of benzene rings is 2. The Morgan fingerprint density at radius 1 is 1.22 bits per heavy atom. The Labute approximate surface area is 216 Å². The summed E-state index contributed by atoms with van der Waals surface area (Å²) in [5, 5.41) is 10.0. The van der Waals surface area contributed by atoms with Gasteiger partial charge in [-0.15, -0.1) is 0 Å². The van der Waals surface area contributed by atoms with Gasteiger partial charge in [0.25, 0.3) is 0 Å². The van der Waals surface area contributed by atoms with Gasteiger partial charge < -0.3 is 25.0 Å². The Morgan fingerprint density at radius 2 is 1.95 bits per heavy atom. The maximum atomic E-state index is 14.1. The van der Waals surface area contributed by atoms with Crippen molar-refractivity contribution in [1.29, 1.82) is 0 Å². The zero-order valence-corrected chi connectivity index (χ0v) is 21.8. The van der Waals surface area contributed by atoms with Crippen LogP contribution in [-0.4, -0.2) is 58.4 Å². The molecule has 1 heterocycles. The number of hydrogen-bond donors (Lipinski definition) is 2. The summed E-state index contributed by atoms with van der Waals surface area (Å²) in [6.45, 7) is 5.71. The zero-order valence-electron chi connectivity index (χ0n) is 21.8. The van der Waals surface area contributed by atoms with Crippen molar-refractivity contribution < 1.29 is 23.4 Å². The lowest BCUT2D eigenvalue weighted by Gasteiger charge is -2.40. The predicted molar refractivity (Wildman–Crippen MR) is 139 cm³/mol. The minimum Gasteiger partial charge on any atom is -0.508 e. The number of phenolic OH excluding ortho intramolecular Hbond substituents is 1. The van der Waals surface area contributed by atoms with Crippen LogP contribution in [0.25, 0.3) is 11.3 Å². The number of rotatable bonds is 11. The second kappa shape index (κ2) is 12.3. The number of nitrogens with zero attached hydrogens (tertiary/aromatic N) is 3. The van der Waals surface area contributed by atoms with E-state index in [0.29, 0.717) is 23.6 Å². The first kappa shape index (κ1) is 28.3. The molecule has 0 aliphatic carbocycles. The molecule has 9 heteroatoms. The van der Waals surface area contributed by atoms with Gasteiger partial charge in [0, 0.05) is 38.0 Å². The number of imidazole rings is 1. The number of phenols is 1. The fourth-order valence-electron chi connectivity index (χ4n) is 4.39. The highest BCUT2D eigenvalue weighted by molar-refractivity contribution is 5.78. The number of aromatic nitrogens is 2. The number of amides is 1. The van der Waals surface area contributed by atoms with E-state index in [4.69, 9.17) is 15.5 Å². The maximum absolute atomic E-state index is 14.1. The van der Waals surface area contributed by atoms with Crippen LogP contribution in [0.2, 0.25) is 0 Å². The molecule has 3 aromatic rings. The minimum absolute atomic E-state index is 0.133. The van der Waals surface area contributed by atoms with Crippen molar-refractivity contribution in [2.75, 3.05) is 26.9 Å². The molecule has 3 N–H and O–H groups in total. The average Bonchev–Trinajstić information content (AvgIpc) is 3.23. The van der Waals surface area contributed by atoms with Gasteiger partial charge in [-0.2, -0.15) is 0 Å². The van der Waals surface area contributed by atoms with Gasteiger partial charge in [-0.25, -0.2) is 13.8 Å². The number of aromatic hydroxyl groups is 1. The summed E-state index contributed by atoms with van der Waals surface area (Å²) in [4.78, 5) is 19.8. The normalized spacial score (nSPS) is 13.4. The first-order chi connectivity index (χ1) is 17.5. The summed E-state index contributed by atoms with van der Waals surface area (Å²) < 4.78 is 34.3. The number of ether oxygens (including phenoxy) is 1. The average molecular weight is 515 g/mol. The van der Waals surface area contributed by atoms with Crippen molar-refractivity contribution in [2.45, 2.75) is 45.8 Å². The molecule has 0 saturated heterocycles. The van der Waals surface area contributed by atoms with Gasteiger partial charge in [0.05, 0.1) is 11.7 Å². The minimum atomic E-state index is -0.701. The molecule has 3 rings (SSSR count). The fourth-order valence-corrected chi connectivity index (χ4v) is 4.39. The van der Waals surface area contributed by atoms with Gasteiger partial charge >= 0.3 is 0 Å². The quantitative estimate of drug-likeness (QED) is 0.387. The molecule has 1 unspecified atom stereocenters. The third-order valence-electron chi connectivity index (χ3n) is 6.09. The Kier molecular flexibility index (Phi) is 9.39. The van der Waals surface area contributed by atoms with Gasteiger partial charge in [0.2, 0.25) is 5.91 Å². The molecule has 0 bridgehead atoms. The molecule has 37 heavy (non-hydrogen) atoms. The van der Waals surface area contributed by atoms with Crippen molar-refractivity contribution in [3.8, 4) is 17.0 Å². The topological polar surface area (TPSA) is 93.6 Å². The van der Waals surface area contributed by atoms with E-state index < -0.39 is 24.2 Å². The van der Waals surface area contributed by atoms with Crippen molar-refractivity contribution in [2.24, 2.45) is 11.1 Å². The van der Waals surface area contributed by atoms with Gasteiger partial charge in [-0.3, -0.25) is 4.79 Å². The van der Waals surface area contributed by atoms with Crippen LogP contribution in [0.1, 0.15) is 44.6 Å². The lowest BCUT2D eigenvalue weighted by molar-refractivity contribution is -0.140. The maximum Gasteiger partial charge on any atom is 0.249 e. The summed E-state index contributed by atoms with van der Waals surface area (Å²) in [5.74, 6) is 0.0566. The second-order valence-corrected chi connectivity index (χ2v) is 10.3. The molecular formula is C28H36F2N4O3. The van der Waals surface area contributed by atoms with E-state index in [1.807, 2.05) is 37.6 Å². The van der Waals surface area contributed by atoms with Crippen LogP contribution >= 0.6 is 0 Å². The Morgan fingerprint density at radius 3 is 2.57 bits per heavy atom. The van der Waals surface area contributed by atoms with E-state index in [0.717, 1.165) is 5.56 Å².